The van der Waals surface area contributed by atoms with E-state index in [1.165, 1.54) is 0 Å². The third-order valence-electron chi connectivity index (χ3n) is 3.76. The Morgan fingerprint density at radius 1 is 1.37 bits per heavy atom. The van der Waals surface area contributed by atoms with Gasteiger partial charge in [0.1, 0.15) is 5.69 Å². The molecule has 0 aromatic carbocycles. The van der Waals surface area contributed by atoms with Crippen molar-refractivity contribution in [2.45, 2.75) is 59.0 Å². The Hall–Kier alpha value is -1.36. The molecule has 108 valence electrons. The molecule has 0 saturated carbocycles. The number of aliphatic hydroxyl groups excluding tert-OH is 1. The standard InChI is InChI=1S/C14H25N3O2/c1-5-11-9-12(17(8-4)16-11)13(19)15-14(6-2,7-3)10-18/h9,18H,5-8,10H2,1-4H3,(H,15,19). The number of carbonyl (C=O) groups is 1. The van der Waals surface area contributed by atoms with Gasteiger partial charge in [-0.05, 0) is 32.3 Å². The highest BCUT2D eigenvalue weighted by Gasteiger charge is 2.28. The van der Waals surface area contributed by atoms with Gasteiger partial charge in [-0.2, -0.15) is 5.10 Å². The molecule has 1 aromatic heterocycles. The van der Waals surface area contributed by atoms with Gasteiger partial charge < -0.3 is 10.4 Å². The van der Waals surface area contributed by atoms with Crippen LogP contribution < -0.4 is 5.32 Å². The van der Waals surface area contributed by atoms with E-state index in [0.29, 0.717) is 25.1 Å². The summed E-state index contributed by atoms with van der Waals surface area (Å²) in [7, 11) is 0. The first-order chi connectivity index (χ1) is 9.05. The lowest BCUT2D eigenvalue weighted by atomic mass is 9.93. The lowest BCUT2D eigenvalue weighted by Gasteiger charge is -2.30. The normalized spacial score (nSPS) is 11.6. The quantitative estimate of drug-likeness (QED) is 0.791. The van der Waals surface area contributed by atoms with Crippen LogP contribution in [-0.2, 0) is 13.0 Å². The van der Waals surface area contributed by atoms with Gasteiger partial charge in [-0.25, -0.2) is 0 Å². The molecule has 0 fully saturated rings. The molecule has 0 aliphatic carbocycles. The van der Waals surface area contributed by atoms with Crippen LogP contribution >= 0.6 is 0 Å². The third-order valence-corrected chi connectivity index (χ3v) is 3.76. The van der Waals surface area contributed by atoms with E-state index in [1.807, 2.05) is 33.8 Å². The minimum absolute atomic E-state index is 0.0490. The number of aliphatic hydroxyl groups is 1. The van der Waals surface area contributed by atoms with Gasteiger partial charge in [-0.3, -0.25) is 9.48 Å². The van der Waals surface area contributed by atoms with E-state index in [0.717, 1.165) is 12.1 Å². The molecular formula is C14H25N3O2. The van der Waals surface area contributed by atoms with Crippen molar-refractivity contribution in [2.24, 2.45) is 0 Å². The second kappa shape index (κ2) is 6.70. The molecule has 0 radical (unpaired) electrons. The summed E-state index contributed by atoms with van der Waals surface area (Å²) < 4.78 is 1.71. The molecule has 0 aliphatic heterocycles. The smallest absolute Gasteiger partial charge is 0.270 e. The fourth-order valence-electron chi connectivity index (χ4n) is 2.06. The van der Waals surface area contributed by atoms with Crippen molar-refractivity contribution in [3.05, 3.63) is 17.5 Å². The zero-order valence-electron chi connectivity index (χ0n) is 12.4. The van der Waals surface area contributed by atoms with Crippen LogP contribution in [0.1, 0.15) is 56.7 Å². The molecule has 0 aliphatic rings. The van der Waals surface area contributed by atoms with Crippen LogP contribution in [0.2, 0.25) is 0 Å². The van der Waals surface area contributed by atoms with Crippen molar-refractivity contribution in [1.29, 1.82) is 0 Å². The minimum atomic E-state index is -0.535. The summed E-state index contributed by atoms with van der Waals surface area (Å²) >= 11 is 0. The molecule has 5 nitrogen and oxygen atoms in total. The molecule has 5 heteroatoms. The molecule has 0 saturated heterocycles. The average molecular weight is 267 g/mol. The van der Waals surface area contributed by atoms with E-state index < -0.39 is 5.54 Å². The topological polar surface area (TPSA) is 67.2 Å². The molecule has 1 amide bonds. The zero-order chi connectivity index (χ0) is 14.5. The van der Waals surface area contributed by atoms with Crippen LogP contribution in [0.25, 0.3) is 0 Å². The van der Waals surface area contributed by atoms with Gasteiger partial charge >= 0.3 is 0 Å². The Kier molecular flexibility index (Phi) is 5.54. The molecule has 0 spiro atoms. The number of amides is 1. The van der Waals surface area contributed by atoms with Crippen LogP contribution in [0.15, 0.2) is 6.07 Å². The van der Waals surface area contributed by atoms with Gasteiger partial charge in [0.2, 0.25) is 0 Å². The maximum absolute atomic E-state index is 12.4. The highest BCUT2D eigenvalue weighted by Crippen LogP contribution is 2.16. The predicted molar refractivity (Wildman–Crippen MR) is 75.1 cm³/mol. The Bertz CT molecular complexity index is 414. The van der Waals surface area contributed by atoms with Crippen molar-refractivity contribution < 1.29 is 9.90 Å². The largest absolute Gasteiger partial charge is 0.394 e. The number of rotatable bonds is 7. The van der Waals surface area contributed by atoms with Crippen LogP contribution in [0, 0.1) is 0 Å². The Labute approximate surface area is 115 Å². The Morgan fingerprint density at radius 2 is 2.00 bits per heavy atom. The highest BCUT2D eigenvalue weighted by atomic mass is 16.3. The molecule has 0 atom stereocenters. The number of nitrogens with zero attached hydrogens (tertiary/aromatic N) is 2. The minimum Gasteiger partial charge on any atom is -0.394 e. The molecule has 2 N–H and O–H groups in total. The highest BCUT2D eigenvalue weighted by molar-refractivity contribution is 5.93. The Morgan fingerprint density at radius 3 is 2.42 bits per heavy atom. The van der Waals surface area contributed by atoms with Gasteiger partial charge in [-0.1, -0.05) is 20.8 Å². The van der Waals surface area contributed by atoms with Gasteiger partial charge in [0.25, 0.3) is 5.91 Å². The monoisotopic (exact) mass is 267 g/mol. The average Bonchev–Trinajstić information content (AvgIpc) is 2.88. The molecule has 0 unspecified atom stereocenters. The summed E-state index contributed by atoms with van der Waals surface area (Å²) in [5.74, 6) is -0.160. The maximum atomic E-state index is 12.4. The van der Waals surface area contributed by atoms with Crippen molar-refractivity contribution in [1.82, 2.24) is 15.1 Å². The van der Waals surface area contributed by atoms with Crippen LogP contribution in [-0.4, -0.2) is 32.9 Å². The molecule has 1 rings (SSSR count). The van der Waals surface area contributed by atoms with E-state index in [-0.39, 0.29) is 12.5 Å². The first-order valence-corrected chi connectivity index (χ1v) is 7.05. The molecule has 1 aromatic rings. The second-order valence-corrected chi connectivity index (χ2v) is 4.79. The van der Waals surface area contributed by atoms with E-state index in [4.69, 9.17) is 0 Å². The van der Waals surface area contributed by atoms with Crippen molar-refractivity contribution >= 4 is 5.91 Å². The molecule has 0 bridgehead atoms. The lowest BCUT2D eigenvalue weighted by Crippen LogP contribution is -2.50. The van der Waals surface area contributed by atoms with E-state index in [2.05, 4.69) is 10.4 Å². The SMILES string of the molecule is CCc1cc(C(=O)NC(CC)(CC)CO)n(CC)n1. The predicted octanol–water partition coefficient (Wildman–Crippen LogP) is 1.75. The van der Waals surface area contributed by atoms with Crippen LogP contribution in [0.3, 0.4) is 0 Å². The first-order valence-electron chi connectivity index (χ1n) is 7.05. The fraction of sp³-hybridized carbons (Fsp3) is 0.714. The molecule has 1 heterocycles. The Balaban J connectivity index is 2.97. The van der Waals surface area contributed by atoms with Crippen molar-refractivity contribution in [2.75, 3.05) is 6.61 Å². The number of hydrogen-bond acceptors (Lipinski definition) is 3. The number of carbonyl (C=O) groups excluding carboxylic acids is 1. The zero-order valence-corrected chi connectivity index (χ0v) is 12.4. The van der Waals surface area contributed by atoms with Crippen LogP contribution in [0.5, 0.6) is 0 Å². The number of nitrogens with one attached hydrogen (secondary N) is 1. The summed E-state index contributed by atoms with van der Waals surface area (Å²) in [6, 6.07) is 1.83. The molecule has 19 heavy (non-hydrogen) atoms. The van der Waals surface area contributed by atoms with Crippen LogP contribution in [0.4, 0.5) is 0 Å². The third kappa shape index (κ3) is 3.35. The van der Waals surface area contributed by atoms with E-state index >= 15 is 0 Å². The fourth-order valence-corrected chi connectivity index (χ4v) is 2.06. The van der Waals surface area contributed by atoms with Gasteiger partial charge in [0, 0.05) is 6.54 Å². The van der Waals surface area contributed by atoms with Gasteiger partial charge in [0.05, 0.1) is 17.8 Å². The van der Waals surface area contributed by atoms with Crippen molar-refractivity contribution in [3.8, 4) is 0 Å². The van der Waals surface area contributed by atoms with E-state index in [1.54, 1.807) is 4.68 Å². The lowest BCUT2D eigenvalue weighted by molar-refractivity contribution is 0.0807. The number of hydrogen-bond donors (Lipinski definition) is 2. The van der Waals surface area contributed by atoms with Gasteiger partial charge in [-0.15, -0.1) is 0 Å². The summed E-state index contributed by atoms with van der Waals surface area (Å²) in [5.41, 5.74) is 0.945. The summed E-state index contributed by atoms with van der Waals surface area (Å²) in [4.78, 5) is 12.4. The van der Waals surface area contributed by atoms with Gasteiger partial charge in [0.15, 0.2) is 0 Å². The maximum Gasteiger partial charge on any atom is 0.270 e. The number of aryl methyl sites for hydroxylation is 2. The molecular weight excluding hydrogens is 242 g/mol. The summed E-state index contributed by atoms with van der Waals surface area (Å²) in [5, 5.41) is 16.8. The second-order valence-electron chi connectivity index (χ2n) is 4.79. The van der Waals surface area contributed by atoms with E-state index in [9.17, 15) is 9.90 Å². The first kappa shape index (κ1) is 15.7. The summed E-state index contributed by atoms with van der Waals surface area (Å²) in [6.45, 7) is 8.52. The summed E-state index contributed by atoms with van der Waals surface area (Å²) in [6.07, 6.45) is 2.21. The van der Waals surface area contributed by atoms with Crippen molar-refractivity contribution in [3.63, 3.8) is 0 Å². The number of aromatic nitrogens is 2.